The molecule has 2 aliphatic rings. The van der Waals surface area contributed by atoms with E-state index < -0.39 is 35.2 Å². The number of hydrogen-bond donors (Lipinski definition) is 3. The van der Waals surface area contributed by atoms with Crippen molar-refractivity contribution in [1.82, 2.24) is 15.1 Å². The van der Waals surface area contributed by atoms with Gasteiger partial charge < -0.3 is 39.5 Å². The van der Waals surface area contributed by atoms with Gasteiger partial charge in [-0.25, -0.2) is 4.79 Å². The lowest BCUT2D eigenvalue weighted by atomic mass is 9.87. The highest BCUT2D eigenvalue weighted by Crippen LogP contribution is 2.35. The Morgan fingerprint density at radius 3 is 2.28 bits per heavy atom. The van der Waals surface area contributed by atoms with Crippen molar-refractivity contribution < 1.29 is 38.8 Å². The Bertz CT molecular complexity index is 1170. The minimum Gasteiger partial charge on any atom is -0.493 e. The average molecular weight is 648 g/mol. The molecule has 3 rings (SSSR count). The van der Waals surface area contributed by atoms with E-state index in [-0.39, 0.29) is 49.9 Å². The van der Waals surface area contributed by atoms with Gasteiger partial charge >= 0.3 is 6.09 Å². The molecule has 1 aromatic carbocycles. The number of nitrogens with one attached hydrogen (secondary N) is 1. The van der Waals surface area contributed by atoms with E-state index in [9.17, 15) is 24.6 Å². The van der Waals surface area contributed by atoms with Gasteiger partial charge in [-0.2, -0.15) is 0 Å². The lowest BCUT2D eigenvalue weighted by Crippen LogP contribution is -2.54. The SMILES string of the molecule is COCCCOc1cc(CN(C(=O)[C@@H]2C[C@H](C(=O)NC(CO)CC(C)C)CN(C(=O)OC(C)(C)C)C2)C2CC2)cc(C(C)(C)O)c1. The summed E-state index contributed by atoms with van der Waals surface area (Å²) in [4.78, 5) is 44.4. The fourth-order valence-electron chi connectivity index (χ4n) is 5.80. The van der Waals surface area contributed by atoms with Gasteiger partial charge in [0.05, 0.1) is 36.7 Å². The Morgan fingerprint density at radius 1 is 1.04 bits per heavy atom. The van der Waals surface area contributed by atoms with Crippen molar-refractivity contribution in [3.05, 3.63) is 29.3 Å². The van der Waals surface area contributed by atoms with Gasteiger partial charge in [0.2, 0.25) is 11.8 Å². The van der Waals surface area contributed by atoms with Crippen LogP contribution in [0.25, 0.3) is 0 Å². The number of likely N-dealkylation sites (tertiary alicyclic amines) is 1. The van der Waals surface area contributed by atoms with Gasteiger partial charge in [-0.15, -0.1) is 0 Å². The molecule has 1 saturated carbocycles. The molecule has 11 nitrogen and oxygen atoms in total. The predicted octanol–water partition coefficient (Wildman–Crippen LogP) is 4.22. The molecule has 11 heteroatoms. The largest absolute Gasteiger partial charge is 0.493 e. The first kappa shape index (κ1) is 37.6. The van der Waals surface area contributed by atoms with Gasteiger partial charge in [0.1, 0.15) is 11.4 Å². The molecule has 1 aliphatic carbocycles. The van der Waals surface area contributed by atoms with Crippen LogP contribution >= 0.6 is 0 Å². The molecule has 3 amide bonds. The molecule has 1 saturated heterocycles. The number of methoxy groups -OCH3 is 1. The van der Waals surface area contributed by atoms with Crippen molar-refractivity contribution in [2.45, 2.75) is 110 Å². The second-order valence-corrected chi connectivity index (χ2v) is 14.8. The van der Waals surface area contributed by atoms with Gasteiger partial charge in [-0.3, -0.25) is 9.59 Å². The summed E-state index contributed by atoms with van der Waals surface area (Å²) in [6.45, 7) is 14.2. The maximum Gasteiger partial charge on any atom is 0.410 e. The molecule has 1 heterocycles. The van der Waals surface area contributed by atoms with Crippen LogP contribution in [0.2, 0.25) is 0 Å². The van der Waals surface area contributed by atoms with Gasteiger partial charge in [0.15, 0.2) is 0 Å². The predicted molar refractivity (Wildman–Crippen MR) is 175 cm³/mol. The van der Waals surface area contributed by atoms with Gasteiger partial charge in [0.25, 0.3) is 0 Å². The molecule has 0 bridgehead atoms. The smallest absolute Gasteiger partial charge is 0.410 e. The summed E-state index contributed by atoms with van der Waals surface area (Å²) >= 11 is 0. The summed E-state index contributed by atoms with van der Waals surface area (Å²) in [5, 5.41) is 23.7. The molecule has 1 aliphatic heterocycles. The number of aliphatic hydroxyl groups is 2. The van der Waals surface area contributed by atoms with Crippen LogP contribution in [0.4, 0.5) is 4.79 Å². The second-order valence-electron chi connectivity index (χ2n) is 14.8. The normalized spacial score (nSPS) is 19.5. The molecule has 1 unspecified atom stereocenters. The number of nitrogens with zero attached hydrogens (tertiary/aromatic N) is 2. The molecule has 260 valence electrons. The number of ether oxygens (including phenoxy) is 3. The van der Waals surface area contributed by atoms with Crippen molar-refractivity contribution in [3.8, 4) is 5.75 Å². The maximum atomic E-state index is 14.3. The van der Waals surface area contributed by atoms with Crippen LogP contribution < -0.4 is 10.1 Å². The molecule has 1 aromatic rings. The minimum atomic E-state index is -1.12. The highest BCUT2D eigenvalue weighted by molar-refractivity contribution is 5.84. The molecule has 3 N–H and O–H groups in total. The molecular weight excluding hydrogens is 590 g/mol. The van der Waals surface area contributed by atoms with E-state index in [1.807, 2.05) is 36.9 Å². The standard InChI is InChI=1S/C35H57N3O8/c1-23(2)14-28(22-39)36-31(40)25-17-26(21-37(20-25)33(42)46-34(3,4)5)32(41)38(29-10-11-29)19-24-15-27(35(6,7)43)18-30(16-24)45-13-9-12-44-8/h15-16,18,23,25-26,28-29,39,43H,9-14,17,19-22H2,1-8H3,(H,36,40)/t25-,26+,28?/m0/s1. The Balaban J connectivity index is 1.87. The van der Waals surface area contributed by atoms with E-state index >= 15 is 0 Å². The van der Waals surface area contributed by atoms with Crippen LogP contribution in [0.15, 0.2) is 18.2 Å². The molecular formula is C35H57N3O8. The summed E-state index contributed by atoms with van der Waals surface area (Å²) in [7, 11) is 1.64. The summed E-state index contributed by atoms with van der Waals surface area (Å²) < 4.78 is 16.8. The van der Waals surface area contributed by atoms with E-state index in [1.54, 1.807) is 41.7 Å². The number of amides is 3. The van der Waals surface area contributed by atoms with Gasteiger partial charge in [-0.05, 0) is 89.5 Å². The van der Waals surface area contributed by atoms with E-state index in [4.69, 9.17) is 14.2 Å². The van der Waals surface area contributed by atoms with E-state index in [2.05, 4.69) is 5.32 Å². The molecule has 0 radical (unpaired) electrons. The third kappa shape index (κ3) is 11.7. The summed E-state index contributed by atoms with van der Waals surface area (Å²) in [5.74, 6) is -0.767. The monoisotopic (exact) mass is 647 g/mol. The van der Waals surface area contributed by atoms with Crippen molar-refractivity contribution in [1.29, 1.82) is 0 Å². The molecule has 3 atom stereocenters. The van der Waals surface area contributed by atoms with Crippen molar-refractivity contribution >= 4 is 17.9 Å². The lowest BCUT2D eigenvalue weighted by molar-refractivity contribution is -0.140. The van der Waals surface area contributed by atoms with Crippen LogP contribution in [-0.4, -0.2) is 95.6 Å². The Labute approximate surface area is 274 Å². The third-order valence-electron chi connectivity index (χ3n) is 8.20. The van der Waals surface area contributed by atoms with Crippen LogP contribution in [0.1, 0.15) is 91.7 Å². The van der Waals surface area contributed by atoms with Crippen LogP contribution in [0.3, 0.4) is 0 Å². The fraction of sp³-hybridized carbons (Fsp3) is 0.743. The number of carbonyl (C=O) groups is 3. The topological polar surface area (TPSA) is 138 Å². The zero-order valence-corrected chi connectivity index (χ0v) is 29.1. The quantitative estimate of drug-likeness (QED) is 0.241. The van der Waals surface area contributed by atoms with Crippen LogP contribution in [-0.2, 0) is 31.2 Å². The van der Waals surface area contributed by atoms with Crippen molar-refractivity contribution in [2.24, 2.45) is 17.8 Å². The van der Waals surface area contributed by atoms with Crippen molar-refractivity contribution in [2.75, 3.05) is 40.0 Å². The van der Waals surface area contributed by atoms with Gasteiger partial charge in [-0.1, -0.05) is 19.9 Å². The summed E-state index contributed by atoms with van der Waals surface area (Å²) in [6.07, 6.45) is 2.80. The number of aliphatic hydroxyl groups excluding tert-OH is 1. The summed E-state index contributed by atoms with van der Waals surface area (Å²) in [6, 6.07) is 5.27. The average Bonchev–Trinajstić information content (AvgIpc) is 3.81. The lowest BCUT2D eigenvalue weighted by Gasteiger charge is -2.39. The van der Waals surface area contributed by atoms with E-state index in [0.29, 0.717) is 43.9 Å². The van der Waals surface area contributed by atoms with Crippen LogP contribution in [0, 0.1) is 17.8 Å². The number of piperidine rings is 1. The first-order valence-electron chi connectivity index (χ1n) is 16.7. The number of benzene rings is 1. The Hall–Kier alpha value is -2.89. The first-order chi connectivity index (χ1) is 21.5. The zero-order chi connectivity index (χ0) is 34.2. The fourth-order valence-corrected chi connectivity index (χ4v) is 5.80. The highest BCUT2D eigenvalue weighted by atomic mass is 16.6. The minimum absolute atomic E-state index is 0.0540. The number of rotatable bonds is 15. The molecule has 0 spiro atoms. The number of hydrogen-bond acceptors (Lipinski definition) is 8. The molecule has 2 fully saturated rings. The zero-order valence-electron chi connectivity index (χ0n) is 29.1. The molecule has 0 aromatic heterocycles. The first-order valence-corrected chi connectivity index (χ1v) is 16.7. The summed E-state index contributed by atoms with van der Waals surface area (Å²) in [5.41, 5.74) is -0.343. The van der Waals surface area contributed by atoms with Gasteiger partial charge in [0, 0.05) is 45.8 Å². The second kappa shape index (κ2) is 16.3. The third-order valence-corrected chi connectivity index (χ3v) is 8.20. The van der Waals surface area contributed by atoms with E-state index in [0.717, 1.165) is 18.4 Å². The van der Waals surface area contributed by atoms with Crippen LogP contribution in [0.5, 0.6) is 5.75 Å². The Morgan fingerprint density at radius 2 is 1.72 bits per heavy atom. The molecule has 46 heavy (non-hydrogen) atoms. The highest BCUT2D eigenvalue weighted by Gasteiger charge is 2.43. The Kier molecular flexibility index (Phi) is 13.3. The van der Waals surface area contributed by atoms with Crippen molar-refractivity contribution in [3.63, 3.8) is 0 Å². The van der Waals surface area contributed by atoms with E-state index in [1.165, 1.54) is 4.90 Å². The maximum absolute atomic E-state index is 14.3. The number of carbonyl (C=O) groups excluding carboxylic acids is 3.